The van der Waals surface area contributed by atoms with Crippen LogP contribution in [0, 0.1) is 23.7 Å². The van der Waals surface area contributed by atoms with Gasteiger partial charge in [0.15, 0.2) is 0 Å². The van der Waals surface area contributed by atoms with Gasteiger partial charge < -0.3 is 9.80 Å². The van der Waals surface area contributed by atoms with Crippen molar-refractivity contribution in [2.45, 2.75) is 88.1 Å². The standard InChI is InChI=1S/C56H56N2/c1-39-36-40(41-31-35-55-50(37-41)49-27-15-17-29-54(49)58(55)45-24-12-5-13-25-45)30-34-53(39)57(44-22-10-4-11-23-44)46-32-33-48-47-26-14-16-28-51(47)56(52(48)38-46,42-18-6-2-7-19-42)43-20-8-3-9-21-43/h2-12,15,17-24,27,29-30,32-34,37-39,47,49-51,54-55H,13-14,16,25-26,28,31,35-36H2,1H3. The summed E-state index contributed by atoms with van der Waals surface area (Å²) in [7, 11) is 0. The SMILES string of the molecule is CC1CC(C2=CC3C4C=CC=CC4N(C4=CC=CCC4)C3CC2)=CC=C1N(c1ccccc1)c1ccc2c(c1)C(c1ccccc1)(c1ccccc1)C1CCCCC21. The maximum absolute atomic E-state index is 2.82. The van der Waals surface area contributed by atoms with E-state index in [0.29, 0.717) is 41.7 Å². The minimum absolute atomic E-state index is 0.186. The summed E-state index contributed by atoms with van der Waals surface area (Å²) in [5.41, 5.74) is 14.3. The molecule has 58 heavy (non-hydrogen) atoms. The molecule has 0 aromatic heterocycles. The Hall–Kier alpha value is -5.34. The minimum atomic E-state index is -0.186. The first-order valence-corrected chi connectivity index (χ1v) is 22.4. The molecule has 6 aliphatic carbocycles. The van der Waals surface area contributed by atoms with Crippen molar-refractivity contribution < 1.29 is 0 Å². The summed E-state index contributed by atoms with van der Waals surface area (Å²) in [6.07, 6.45) is 35.2. The molecule has 0 amide bonds. The van der Waals surface area contributed by atoms with Crippen LogP contribution < -0.4 is 4.90 Å². The van der Waals surface area contributed by atoms with Crippen LogP contribution in [0.1, 0.15) is 92.9 Å². The average molecular weight is 757 g/mol. The van der Waals surface area contributed by atoms with Gasteiger partial charge in [0.25, 0.3) is 0 Å². The maximum atomic E-state index is 2.82. The van der Waals surface area contributed by atoms with Crippen LogP contribution in [0.4, 0.5) is 11.4 Å². The van der Waals surface area contributed by atoms with Crippen LogP contribution in [0.15, 0.2) is 192 Å². The van der Waals surface area contributed by atoms with E-state index in [1.165, 1.54) is 77.1 Å². The molecular formula is C56H56N2. The molecule has 11 rings (SSSR count). The Kier molecular flexibility index (Phi) is 9.13. The number of benzene rings is 4. The van der Waals surface area contributed by atoms with Crippen LogP contribution in [0.2, 0.25) is 0 Å². The Labute approximate surface area is 346 Å². The highest BCUT2D eigenvalue weighted by molar-refractivity contribution is 5.73. The van der Waals surface area contributed by atoms with Crippen molar-refractivity contribution in [3.63, 3.8) is 0 Å². The molecule has 2 nitrogen and oxygen atoms in total. The fourth-order valence-electron chi connectivity index (χ4n) is 12.8. The topological polar surface area (TPSA) is 6.48 Å². The van der Waals surface area contributed by atoms with Gasteiger partial charge in [0, 0.05) is 52.0 Å². The number of hydrogen-bond donors (Lipinski definition) is 0. The molecule has 1 aliphatic heterocycles. The van der Waals surface area contributed by atoms with E-state index < -0.39 is 0 Å². The molecule has 2 fully saturated rings. The fourth-order valence-corrected chi connectivity index (χ4v) is 12.8. The normalized spacial score (nSPS) is 29.0. The van der Waals surface area contributed by atoms with Crippen LogP contribution in [0.5, 0.6) is 0 Å². The van der Waals surface area contributed by atoms with Crippen molar-refractivity contribution in [3.05, 3.63) is 215 Å². The van der Waals surface area contributed by atoms with E-state index in [1.54, 1.807) is 11.1 Å². The lowest BCUT2D eigenvalue weighted by molar-refractivity contribution is 0.240. The van der Waals surface area contributed by atoms with Gasteiger partial charge in [-0.2, -0.15) is 0 Å². The monoisotopic (exact) mass is 756 g/mol. The smallest absolute Gasteiger partial charge is 0.0545 e. The van der Waals surface area contributed by atoms with Gasteiger partial charge in [0.05, 0.1) is 6.04 Å². The van der Waals surface area contributed by atoms with Crippen LogP contribution in [-0.2, 0) is 5.41 Å². The molecular weight excluding hydrogens is 701 g/mol. The fraction of sp³-hybridized carbons (Fsp3) is 0.321. The lowest BCUT2D eigenvalue weighted by atomic mass is 9.61. The molecule has 1 saturated heterocycles. The molecule has 0 radical (unpaired) electrons. The molecule has 1 heterocycles. The molecule has 0 spiro atoms. The van der Waals surface area contributed by atoms with E-state index >= 15 is 0 Å². The Morgan fingerprint density at radius 2 is 1.40 bits per heavy atom. The zero-order valence-corrected chi connectivity index (χ0v) is 34.0. The molecule has 0 bridgehead atoms. The second-order valence-electron chi connectivity index (χ2n) is 18.1. The molecule has 4 aromatic carbocycles. The quantitative estimate of drug-likeness (QED) is 0.185. The lowest BCUT2D eigenvalue weighted by Crippen LogP contribution is -2.37. The van der Waals surface area contributed by atoms with E-state index in [4.69, 9.17) is 0 Å². The van der Waals surface area contributed by atoms with E-state index in [-0.39, 0.29) is 5.41 Å². The third kappa shape index (κ3) is 5.73. The molecule has 1 saturated carbocycles. The van der Waals surface area contributed by atoms with Gasteiger partial charge in [0.2, 0.25) is 0 Å². The second kappa shape index (κ2) is 14.8. The van der Waals surface area contributed by atoms with E-state index in [1.807, 2.05) is 0 Å². The van der Waals surface area contributed by atoms with Gasteiger partial charge in [-0.15, -0.1) is 0 Å². The van der Waals surface area contributed by atoms with Crippen LogP contribution in [0.25, 0.3) is 0 Å². The van der Waals surface area contributed by atoms with Crippen molar-refractivity contribution in [2.75, 3.05) is 4.90 Å². The summed E-state index contributed by atoms with van der Waals surface area (Å²) in [5.74, 6) is 2.58. The number of fused-ring (bicyclic) bond motifs is 6. The summed E-state index contributed by atoms with van der Waals surface area (Å²) in [4.78, 5) is 5.41. The van der Waals surface area contributed by atoms with Gasteiger partial charge >= 0.3 is 0 Å². The van der Waals surface area contributed by atoms with Gasteiger partial charge in [-0.05, 0) is 127 Å². The summed E-state index contributed by atoms with van der Waals surface area (Å²) >= 11 is 0. The second-order valence-corrected chi connectivity index (χ2v) is 18.1. The predicted octanol–water partition coefficient (Wildman–Crippen LogP) is 13.7. The molecule has 2 heteroatoms. The summed E-state index contributed by atoms with van der Waals surface area (Å²) in [6, 6.07) is 42.8. The molecule has 290 valence electrons. The van der Waals surface area contributed by atoms with Gasteiger partial charge in [-0.25, -0.2) is 0 Å². The Morgan fingerprint density at radius 3 is 2.14 bits per heavy atom. The Morgan fingerprint density at radius 1 is 0.655 bits per heavy atom. The van der Waals surface area contributed by atoms with Crippen LogP contribution >= 0.6 is 0 Å². The van der Waals surface area contributed by atoms with Crippen molar-refractivity contribution in [2.24, 2.45) is 23.7 Å². The summed E-state index contributed by atoms with van der Waals surface area (Å²) in [5, 5.41) is 0. The van der Waals surface area contributed by atoms with Gasteiger partial charge in [0.1, 0.15) is 0 Å². The number of nitrogens with zero attached hydrogens (tertiary/aromatic N) is 2. The minimum Gasteiger partial charge on any atom is -0.364 e. The summed E-state index contributed by atoms with van der Waals surface area (Å²) < 4.78 is 0. The number of hydrogen-bond acceptors (Lipinski definition) is 2. The number of rotatable bonds is 7. The highest BCUT2D eigenvalue weighted by atomic mass is 15.2. The zero-order chi connectivity index (χ0) is 38.6. The van der Waals surface area contributed by atoms with Crippen LogP contribution in [-0.4, -0.2) is 17.0 Å². The first kappa shape index (κ1) is 35.8. The number of para-hydroxylation sites is 1. The third-order valence-corrected chi connectivity index (χ3v) is 15.2. The highest BCUT2D eigenvalue weighted by Crippen LogP contribution is 2.63. The van der Waals surface area contributed by atoms with Crippen LogP contribution in [0.3, 0.4) is 0 Å². The average Bonchev–Trinajstić information content (AvgIpc) is 3.78. The number of anilines is 2. The largest absolute Gasteiger partial charge is 0.364 e. The molecule has 7 aliphatic rings. The first-order valence-electron chi connectivity index (χ1n) is 22.4. The highest BCUT2D eigenvalue weighted by Gasteiger charge is 2.54. The molecule has 4 aromatic rings. The first-order chi connectivity index (χ1) is 28.7. The van der Waals surface area contributed by atoms with Crippen molar-refractivity contribution in [3.8, 4) is 0 Å². The molecule has 7 unspecified atom stereocenters. The lowest BCUT2D eigenvalue weighted by Gasteiger charge is -2.42. The Bertz CT molecular complexity index is 2350. The van der Waals surface area contributed by atoms with Gasteiger partial charge in [-0.3, -0.25) is 0 Å². The van der Waals surface area contributed by atoms with Crippen molar-refractivity contribution in [1.82, 2.24) is 4.90 Å². The maximum Gasteiger partial charge on any atom is 0.0545 e. The zero-order valence-electron chi connectivity index (χ0n) is 34.0. The third-order valence-electron chi connectivity index (χ3n) is 15.2. The molecule has 7 atom stereocenters. The molecule has 0 N–H and O–H groups in total. The Balaban J connectivity index is 0.998. The number of allylic oxidation sites excluding steroid dienone is 11. The van der Waals surface area contributed by atoms with Crippen molar-refractivity contribution >= 4 is 11.4 Å². The van der Waals surface area contributed by atoms with Crippen molar-refractivity contribution in [1.29, 1.82) is 0 Å². The van der Waals surface area contributed by atoms with E-state index in [9.17, 15) is 0 Å². The number of likely N-dealkylation sites (tertiary alicyclic amines) is 1. The summed E-state index contributed by atoms with van der Waals surface area (Å²) in [6.45, 7) is 2.46. The predicted molar refractivity (Wildman–Crippen MR) is 241 cm³/mol. The van der Waals surface area contributed by atoms with E-state index in [0.717, 1.165) is 25.7 Å². The van der Waals surface area contributed by atoms with E-state index in [2.05, 4.69) is 187 Å². The van der Waals surface area contributed by atoms with Gasteiger partial charge in [-0.1, -0.05) is 153 Å².